The van der Waals surface area contributed by atoms with Gasteiger partial charge in [-0.05, 0) is 19.5 Å². The molecular formula is C7H16OSi. The van der Waals surface area contributed by atoms with Crippen LogP contribution < -0.4 is 0 Å². The van der Waals surface area contributed by atoms with Crippen LogP contribution in [-0.4, -0.2) is 13.1 Å². The van der Waals surface area contributed by atoms with E-state index in [1.165, 1.54) is 6.42 Å². The van der Waals surface area contributed by atoms with Gasteiger partial charge >= 0.3 is 0 Å². The van der Waals surface area contributed by atoms with E-state index in [9.17, 15) is 4.80 Å². The quantitative estimate of drug-likeness (QED) is 0.601. The van der Waals surface area contributed by atoms with Crippen molar-refractivity contribution in [3.8, 4) is 0 Å². The van der Waals surface area contributed by atoms with Crippen LogP contribution in [0.5, 0.6) is 0 Å². The fourth-order valence-electron chi connectivity index (χ4n) is 0.538. The first-order valence-electron chi connectivity index (χ1n) is 3.46. The van der Waals surface area contributed by atoms with Crippen LogP contribution in [0, 0.1) is 0 Å². The third kappa shape index (κ3) is 7.92. The number of allylic oxidation sites excluding steroid dienone is 1. The Morgan fingerprint density at radius 2 is 2.00 bits per heavy atom. The van der Waals surface area contributed by atoms with E-state index in [1.807, 2.05) is 18.8 Å². The summed E-state index contributed by atoms with van der Waals surface area (Å²) in [7, 11) is -1.88. The van der Waals surface area contributed by atoms with Crippen molar-refractivity contribution in [2.24, 2.45) is 0 Å². The van der Waals surface area contributed by atoms with Crippen molar-refractivity contribution >= 4 is 8.32 Å². The minimum Gasteiger partial charge on any atom is -0.428 e. The maximum absolute atomic E-state index is 9.30. The molecule has 54 valence electrons. The van der Waals surface area contributed by atoms with Gasteiger partial charge in [-0.2, -0.15) is 0 Å². The molecule has 0 unspecified atom stereocenters. The Kier molecular flexibility index (Phi) is 3.82. The normalized spacial score (nSPS) is 12.9. The van der Waals surface area contributed by atoms with Crippen molar-refractivity contribution in [3.05, 3.63) is 11.8 Å². The average Bonchev–Trinajstić information content (AvgIpc) is 1.63. The maximum atomic E-state index is 9.30. The molecule has 0 saturated heterocycles. The van der Waals surface area contributed by atoms with Gasteiger partial charge in [0.2, 0.25) is 8.32 Å². The summed E-state index contributed by atoms with van der Waals surface area (Å²) in [4.78, 5) is 9.30. The lowest BCUT2D eigenvalue weighted by molar-refractivity contribution is 0.567. The third-order valence-corrected chi connectivity index (χ3v) is 2.03. The smallest absolute Gasteiger partial charge is 0.206 e. The van der Waals surface area contributed by atoms with Crippen LogP contribution in [0.4, 0.5) is 0 Å². The van der Waals surface area contributed by atoms with Gasteiger partial charge in [0.15, 0.2) is 0 Å². The monoisotopic (exact) mass is 144 g/mol. The Morgan fingerprint density at radius 3 is 2.33 bits per heavy atom. The Balaban J connectivity index is 3.45. The molecule has 9 heavy (non-hydrogen) atoms. The van der Waals surface area contributed by atoms with E-state index in [-0.39, 0.29) is 0 Å². The molecule has 0 aromatic rings. The van der Waals surface area contributed by atoms with Crippen LogP contribution in [0.25, 0.3) is 0 Å². The van der Waals surface area contributed by atoms with Crippen molar-refractivity contribution in [3.63, 3.8) is 0 Å². The molecule has 0 rings (SSSR count). The lowest BCUT2D eigenvalue weighted by Gasteiger charge is -2.05. The van der Waals surface area contributed by atoms with E-state index in [0.717, 1.165) is 6.42 Å². The summed E-state index contributed by atoms with van der Waals surface area (Å²) in [5, 5.41) is 0. The molecule has 0 aliphatic carbocycles. The lowest BCUT2D eigenvalue weighted by atomic mass is 10.3. The van der Waals surface area contributed by atoms with Crippen molar-refractivity contribution in [1.82, 2.24) is 0 Å². The molecule has 2 heteroatoms. The lowest BCUT2D eigenvalue weighted by Crippen LogP contribution is -2.21. The zero-order valence-corrected chi connectivity index (χ0v) is 7.52. The van der Waals surface area contributed by atoms with E-state index < -0.39 is 8.32 Å². The Bertz CT molecular complexity index is 91.6. The molecular weight excluding hydrogens is 128 g/mol. The van der Waals surface area contributed by atoms with E-state index in [4.69, 9.17) is 0 Å². The largest absolute Gasteiger partial charge is 0.428 e. The second-order valence-electron chi connectivity index (χ2n) is 2.84. The van der Waals surface area contributed by atoms with Gasteiger partial charge in [0.05, 0.1) is 0 Å². The summed E-state index contributed by atoms with van der Waals surface area (Å²) < 4.78 is 0. The van der Waals surface area contributed by atoms with Crippen molar-refractivity contribution in [2.45, 2.75) is 32.9 Å². The Labute approximate surface area is 58.5 Å². The highest BCUT2D eigenvalue weighted by Gasteiger charge is 2.09. The summed E-state index contributed by atoms with van der Waals surface area (Å²) in [5.41, 5.74) is 1.97. The summed E-state index contributed by atoms with van der Waals surface area (Å²) in [6.07, 6.45) is 4.34. The molecule has 0 aliphatic heterocycles. The summed E-state index contributed by atoms with van der Waals surface area (Å²) in [6.45, 7) is 5.97. The fraction of sp³-hybridized carbons (Fsp3) is 0.714. The molecule has 0 atom stereocenters. The number of unbranched alkanes of at least 4 members (excludes halogenated alkanes) is 1. The standard InChI is InChI=1S/C7H16OSi/c1-4-5-6-7-9(2,3)8/h6-8H,4-5H2,1-3H3. The van der Waals surface area contributed by atoms with Gasteiger partial charge in [0.25, 0.3) is 0 Å². The maximum Gasteiger partial charge on any atom is 0.206 e. The first-order valence-corrected chi connectivity index (χ1v) is 6.49. The van der Waals surface area contributed by atoms with Gasteiger partial charge in [-0.1, -0.05) is 25.1 Å². The predicted octanol–water partition coefficient (Wildman–Crippen LogP) is 2.08. The summed E-state index contributed by atoms with van der Waals surface area (Å²) in [6, 6.07) is 0. The number of hydrogen-bond acceptors (Lipinski definition) is 1. The molecule has 0 heterocycles. The second kappa shape index (κ2) is 3.85. The minimum absolute atomic E-state index is 1.09. The van der Waals surface area contributed by atoms with E-state index in [0.29, 0.717) is 0 Å². The first kappa shape index (κ1) is 8.92. The summed E-state index contributed by atoms with van der Waals surface area (Å²) >= 11 is 0. The molecule has 0 aromatic carbocycles. The van der Waals surface area contributed by atoms with Gasteiger partial charge in [0, 0.05) is 0 Å². The van der Waals surface area contributed by atoms with Gasteiger partial charge in [-0.3, -0.25) is 0 Å². The van der Waals surface area contributed by atoms with Crippen LogP contribution >= 0.6 is 0 Å². The predicted molar refractivity (Wildman–Crippen MR) is 43.7 cm³/mol. The van der Waals surface area contributed by atoms with E-state index >= 15 is 0 Å². The molecule has 0 saturated carbocycles. The van der Waals surface area contributed by atoms with Crippen LogP contribution in [0.1, 0.15) is 19.8 Å². The number of hydrogen-bond donors (Lipinski definition) is 1. The highest BCUT2D eigenvalue weighted by molar-refractivity contribution is 6.74. The van der Waals surface area contributed by atoms with Gasteiger partial charge in [0.1, 0.15) is 0 Å². The van der Waals surface area contributed by atoms with Crippen molar-refractivity contribution in [2.75, 3.05) is 0 Å². The molecule has 0 amide bonds. The molecule has 0 aliphatic rings. The zero-order chi connectivity index (χ0) is 7.33. The molecule has 0 spiro atoms. The van der Waals surface area contributed by atoms with Gasteiger partial charge in [-0.15, -0.1) is 0 Å². The van der Waals surface area contributed by atoms with Crippen LogP contribution in [0.3, 0.4) is 0 Å². The van der Waals surface area contributed by atoms with Crippen molar-refractivity contribution in [1.29, 1.82) is 0 Å². The van der Waals surface area contributed by atoms with Gasteiger partial charge < -0.3 is 4.80 Å². The van der Waals surface area contributed by atoms with Crippen LogP contribution in [0.2, 0.25) is 13.1 Å². The zero-order valence-electron chi connectivity index (χ0n) is 6.52. The highest BCUT2D eigenvalue weighted by Crippen LogP contribution is 1.99. The van der Waals surface area contributed by atoms with E-state index in [1.54, 1.807) is 0 Å². The molecule has 0 bridgehead atoms. The molecule has 0 aromatic heterocycles. The Morgan fingerprint density at radius 1 is 1.44 bits per heavy atom. The number of rotatable bonds is 3. The topological polar surface area (TPSA) is 20.2 Å². The van der Waals surface area contributed by atoms with E-state index in [2.05, 4.69) is 13.0 Å². The van der Waals surface area contributed by atoms with Crippen LogP contribution in [0.15, 0.2) is 11.8 Å². The molecule has 0 fully saturated rings. The van der Waals surface area contributed by atoms with Crippen molar-refractivity contribution < 1.29 is 4.80 Å². The van der Waals surface area contributed by atoms with Crippen LogP contribution in [-0.2, 0) is 0 Å². The molecule has 1 nitrogen and oxygen atoms in total. The average molecular weight is 144 g/mol. The summed E-state index contributed by atoms with van der Waals surface area (Å²) in [5.74, 6) is 0. The second-order valence-corrected chi connectivity index (χ2v) is 6.49. The molecule has 0 radical (unpaired) electrons. The highest BCUT2D eigenvalue weighted by atomic mass is 28.4. The SMILES string of the molecule is CCCC=C[Si](C)(C)O. The fourth-order valence-corrected chi connectivity index (χ4v) is 1.28. The third-order valence-electron chi connectivity index (χ3n) is 0.981. The Hall–Kier alpha value is -0.0831. The first-order chi connectivity index (χ1) is 4.06. The van der Waals surface area contributed by atoms with Gasteiger partial charge in [-0.25, -0.2) is 0 Å². The minimum atomic E-state index is -1.88. The molecule has 1 N–H and O–H groups in total.